The first-order valence-corrected chi connectivity index (χ1v) is 15.7. The highest BCUT2D eigenvalue weighted by atomic mass is 32.2. The molecule has 2 N–H and O–H groups in total. The molecule has 44 heavy (non-hydrogen) atoms. The normalized spacial score (nSPS) is 17.7. The van der Waals surface area contributed by atoms with Crippen LogP contribution in [0.3, 0.4) is 0 Å². The van der Waals surface area contributed by atoms with E-state index in [1.165, 1.54) is 34.7 Å². The van der Waals surface area contributed by atoms with Gasteiger partial charge in [-0.3, -0.25) is 4.72 Å². The second-order valence-electron chi connectivity index (χ2n) is 11.1. The highest BCUT2D eigenvalue weighted by Crippen LogP contribution is 2.38. The molecule has 0 spiro atoms. The van der Waals surface area contributed by atoms with Gasteiger partial charge in [0.15, 0.2) is 11.5 Å². The third-order valence-electron chi connectivity index (χ3n) is 5.86. The fourth-order valence-corrected chi connectivity index (χ4v) is 5.97. The summed E-state index contributed by atoms with van der Waals surface area (Å²) in [5.41, 5.74) is 0.0822. The molecule has 0 saturated carbocycles. The quantitative estimate of drug-likeness (QED) is 0.298. The van der Waals surface area contributed by atoms with Crippen molar-refractivity contribution in [2.75, 3.05) is 28.9 Å². The van der Waals surface area contributed by atoms with Gasteiger partial charge in [0.2, 0.25) is 21.9 Å². The summed E-state index contributed by atoms with van der Waals surface area (Å²) in [6.07, 6.45) is -4.00. The van der Waals surface area contributed by atoms with E-state index in [4.69, 9.17) is 9.47 Å². The Morgan fingerprint density at radius 1 is 1.16 bits per heavy atom. The Bertz CT molecular complexity index is 1610. The van der Waals surface area contributed by atoms with Gasteiger partial charge in [0.1, 0.15) is 22.5 Å². The number of anilines is 2. The van der Waals surface area contributed by atoms with Crippen LogP contribution in [0, 0.1) is 13.8 Å². The van der Waals surface area contributed by atoms with Crippen LogP contribution in [-0.2, 0) is 14.8 Å². The number of carbonyl (C=O) groups excluding carboxylic acids is 1. The lowest BCUT2D eigenvalue weighted by Gasteiger charge is -2.36. The zero-order valence-corrected chi connectivity index (χ0v) is 26.0. The largest absolute Gasteiger partial charge is 0.444 e. The van der Waals surface area contributed by atoms with Crippen LogP contribution in [0.25, 0.3) is 10.6 Å². The summed E-state index contributed by atoms with van der Waals surface area (Å²) < 4.78 is 89.0. The minimum Gasteiger partial charge on any atom is -0.444 e. The van der Waals surface area contributed by atoms with Crippen molar-refractivity contribution in [2.24, 2.45) is 0 Å². The van der Waals surface area contributed by atoms with E-state index in [1.807, 2.05) is 0 Å². The number of ether oxygens (including phenoxy) is 2. The number of hydrogen-bond donors (Lipinski definition) is 2. The third-order valence-corrected chi connectivity index (χ3v) is 8.06. The molecular formula is C26H31F4N7O5S2. The number of likely N-dealkylation sites (tertiary alicyclic amines) is 1. The Kier molecular flexibility index (Phi) is 9.53. The fraction of sp³-hybridized carbons (Fsp3) is 0.500. The predicted molar refractivity (Wildman–Crippen MR) is 155 cm³/mol. The lowest BCUT2D eigenvalue weighted by Crippen LogP contribution is -2.51. The second kappa shape index (κ2) is 12.7. The number of thiazole rings is 1. The molecule has 4 rings (SSSR count). The number of carbonyl (C=O) groups is 1. The summed E-state index contributed by atoms with van der Waals surface area (Å²) in [5, 5.41) is 3.72. The fourth-order valence-electron chi connectivity index (χ4n) is 4.22. The number of nitrogens with one attached hydrogen (secondary N) is 2. The number of rotatable bonds is 8. The van der Waals surface area contributed by atoms with Gasteiger partial charge in [-0.1, -0.05) is 0 Å². The number of piperidine rings is 1. The molecular weight excluding hydrogens is 630 g/mol. The molecule has 3 aromatic rings. The number of hydrogen-bond acceptors (Lipinski definition) is 11. The molecule has 0 unspecified atom stereocenters. The van der Waals surface area contributed by atoms with Gasteiger partial charge in [0.25, 0.3) is 0 Å². The average molecular weight is 662 g/mol. The summed E-state index contributed by atoms with van der Waals surface area (Å²) >= 11 is 1.27. The van der Waals surface area contributed by atoms with E-state index in [0.29, 0.717) is 21.1 Å². The summed E-state index contributed by atoms with van der Waals surface area (Å²) in [6.45, 7) is 8.61. The molecule has 0 aliphatic carbocycles. The smallest absolute Gasteiger partial charge is 0.410 e. The number of halogens is 4. The third kappa shape index (κ3) is 9.35. The molecule has 1 aliphatic heterocycles. The SMILES string of the molecule is Cc1nc(Oc2cnc(NS(=O)(=O)CC(F)(F)F)cc2C)c(-c2ccnc(N[C@H]3C[C@H](F)CN(C(=O)OC(C)(C)C)C3)n2)s1. The standard InChI is InChI=1S/C26H31F4N7O5S2/c1-14-8-20(36-44(39,40)13-26(28,29)30)32-10-19(14)41-22-21(43-15(2)33-22)18-6-7-31-23(35-18)34-17-9-16(27)11-37(12-17)24(38)42-25(3,4)5/h6-8,10,16-17H,9,11-13H2,1-5H3,(H,32,36)(H,31,34,35)/t16-,17-/m0/s1. The van der Waals surface area contributed by atoms with Gasteiger partial charge in [0, 0.05) is 25.2 Å². The van der Waals surface area contributed by atoms with E-state index in [0.717, 1.165) is 0 Å². The van der Waals surface area contributed by atoms with Gasteiger partial charge in [-0.2, -0.15) is 13.2 Å². The van der Waals surface area contributed by atoms with E-state index in [2.05, 4.69) is 25.3 Å². The lowest BCUT2D eigenvalue weighted by molar-refractivity contribution is -0.106. The van der Waals surface area contributed by atoms with Crippen molar-refractivity contribution in [1.82, 2.24) is 24.8 Å². The summed E-state index contributed by atoms with van der Waals surface area (Å²) in [6, 6.07) is 2.37. The molecule has 0 radical (unpaired) electrons. The number of sulfonamides is 1. The maximum atomic E-state index is 14.6. The molecule has 1 saturated heterocycles. The van der Waals surface area contributed by atoms with Crippen LogP contribution < -0.4 is 14.8 Å². The van der Waals surface area contributed by atoms with E-state index < -0.39 is 45.9 Å². The number of aryl methyl sites for hydroxylation is 2. The van der Waals surface area contributed by atoms with Gasteiger partial charge in [-0.05, 0) is 52.3 Å². The van der Waals surface area contributed by atoms with Crippen molar-refractivity contribution >= 4 is 39.2 Å². The van der Waals surface area contributed by atoms with Crippen LogP contribution in [0.15, 0.2) is 24.5 Å². The van der Waals surface area contributed by atoms with Gasteiger partial charge >= 0.3 is 12.3 Å². The maximum absolute atomic E-state index is 14.6. The zero-order valence-electron chi connectivity index (χ0n) is 24.4. The molecule has 2 atom stereocenters. The molecule has 4 heterocycles. The number of pyridine rings is 1. The van der Waals surface area contributed by atoms with Crippen LogP contribution >= 0.6 is 11.3 Å². The monoisotopic (exact) mass is 661 g/mol. The minimum absolute atomic E-state index is 0.0798. The first-order valence-electron chi connectivity index (χ1n) is 13.3. The summed E-state index contributed by atoms with van der Waals surface area (Å²) in [5.74, 6) is -1.82. The van der Waals surface area contributed by atoms with E-state index in [9.17, 15) is 30.8 Å². The topological polar surface area (TPSA) is 149 Å². The van der Waals surface area contributed by atoms with Crippen LogP contribution in [0.5, 0.6) is 11.6 Å². The molecule has 1 aliphatic rings. The Balaban J connectivity index is 1.49. The molecule has 1 fully saturated rings. The van der Waals surface area contributed by atoms with Crippen LogP contribution in [0.1, 0.15) is 37.8 Å². The Hall–Kier alpha value is -3.80. The van der Waals surface area contributed by atoms with Crippen molar-refractivity contribution in [3.05, 3.63) is 35.1 Å². The maximum Gasteiger partial charge on any atom is 0.410 e. The Morgan fingerprint density at radius 2 is 1.89 bits per heavy atom. The van der Waals surface area contributed by atoms with Crippen LogP contribution in [-0.4, -0.2) is 82.2 Å². The minimum atomic E-state index is -4.91. The average Bonchev–Trinajstić information content (AvgIpc) is 3.22. The lowest BCUT2D eigenvalue weighted by atomic mass is 10.0. The molecule has 18 heteroatoms. The van der Waals surface area contributed by atoms with Crippen molar-refractivity contribution in [2.45, 2.75) is 65.0 Å². The van der Waals surface area contributed by atoms with Crippen molar-refractivity contribution < 1.29 is 40.2 Å². The highest BCUT2D eigenvalue weighted by Gasteiger charge is 2.36. The van der Waals surface area contributed by atoms with Crippen molar-refractivity contribution in [1.29, 1.82) is 0 Å². The second-order valence-corrected chi connectivity index (χ2v) is 14.0. The highest BCUT2D eigenvalue weighted by molar-refractivity contribution is 7.92. The summed E-state index contributed by atoms with van der Waals surface area (Å²) in [7, 11) is -4.71. The van der Waals surface area contributed by atoms with Gasteiger partial charge in [-0.15, -0.1) is 11.3 Å². The molecule has 0 bridgehead atoms. The summed E-state index contributed by atoms with van der Waals surface area (Å²) in [4.78, 5) is 31.4. The molecule has 3 aromatic heterocycles. The zero-order chi connectivity index (χ0) is 32.4. The number of nitrogens with zero attached hydrogens (tertiary/aromatic N) is 5. The van der Waals surface area contributed by atoms with Crippen molar-refractivity contribution in [3.8, 4) is 22.2 Å². The number of aromatic nitrogens is 4. The molecule has 0 aromatic carbocycles. The number of amides is 1. The van der Waals surface area contributed by atoms with E-state index in [1.54, 1.807) is 45.4 Å². The Labute approximate surface area is 255 Å². The van der Waals surface area contributed by atoms with Crippen LogP contribution in [0.2, 0.25) is 0 Å². The molecule has 1 amide bonds. The van der Waals surface area contributed by atoms with Gasteiger partial charge in [-0.25, -0.2) is 37.5 Å². The molecule has 12 nitrogen and oxygen atoms in total. The Morgan fingerprint density at radius 3 is 2.55 bits per heavy atom. The van der Waals surface area contributed by atoms with E-state index >= 15 is 0 Å². The van der Waals surface area contributed by atoms with Crippen LogP contribution in [0.4, 0.5) is 34.1 Å². The van der Waals surface area contributed by atoms with Gasteiger partial charge in [0.05, 0.1) is 23.4 Å². The first-order chi connectivity index (χ1) is 20.4. The first kappa shape index (κ1) is 33.1. The van der Waals surface area contributed by atoms with Gasteiger partial charge < -0.3 is 19.7 Å². The molecule has 240 valence electrons. The number of alkyl halides is 4. The van der Waals surface area contributed by atoms with E-state index in [-0.39, 0.29) is 42.9 Å². The predicted octanol–water partition coefficient (Wildman–Crippen LogP) is 5.47. The van der Waals surface area contributed by atoms with Crippen molar-refractivity contribution in [3.63, 3.8) is 0 Å².